The van der Waals surface area contributed by atoms with Crippen LogP contribution in [0.3, 0.4) is 0 Å². The number of ether oxygens (including phenoxy) is 4. The van der Waals surface area contributed by atoms with Crippen molar-refractivity contribution >= 4 is 24.0 Å². The van der Waals surface area contributed by atoms with Crippen molar-refractivity contribution in [1.29, 1.82) is 0 Å². The molecular weight excluding hydrogens is 568 g/mol. The first-order chi connectivity index (χ1) is 20.8. The first kappa shape index (κ1) is 38.9. The SMILES string of the molecule is CC(=O)CCOCCOCCOCCOCCNNCN1CCN(CC(=O)O)CCN(CC=O)CCN(CC(=O)O)CC1. The van der Waals surface area contributed by atoms with Crippen LogP contribution in [0, 0.1) is 0 Å². The van der Waals surface area contributed by atoms with Gasteiger partial charge in [-0.1, -0.05) is 0 Å². The second-order valence-corrected chi connectivity index (χ2v) is 10.1. The highest BCUT2D eigenvalue weighted by Gasteiger charge is 2.18. The van der Waals surface area contributed by atoms with E-state index in [9.17, 15) is 29.4 Å². The Morgan fingerprint density at radius 3 is 1.49 bits per heavy atom. The number of nitrogens with one attached hydrogen (secondary N) is 2. The Balaban J connectivity index is 2.28. The number of hydrogen-bond acceptors (Lipinski definition) is 14. The fourth-order valence-corrected chi connectivity index (χ4v) is 4.08. The smallest absolute Gasteiger partial charge is 0.317 e. The van der Waals surface area contributed by atoms with Crippen LogP contribution in [0.5, 0.6) is 0 Å². The first-order valence-corrected chi connectivity index (χ1v) is 14.8. The summed E-state index contributed by atoms with van der Waals surface area (Å²) in [5.41, 5.74) is 6.26. The van der Waals surface area contributed by atoms with Gasteiger partial charge in [-0.15, -0.1) is 0 Å². The lowest BCUT2D eigenvalue weighted by Crippen LogP contribution is -2.50. The van der Waals surface area contributed by atoms with E-state index < -0.39 is 11.9 Å². The minimum atomic E-state index is -0.907. The lowest BCUT2D eigenvalue weighted by atomic mass is 10.3. The first-order valence-electron chi connectivity index (χ1n) is 14.8. The molecule has 1 fully saturated rings. The highest BCUT2D eigenvalue weighted by molar-refractivity contribution is 5.75. The van der Waals surface area contributed by atoms with Crippen LogP contribution in [0.15, 0.2) is 0 Å². The van der Waals surface area contributed by atoms with Gasteiger partial charge in [0.1, 0.15) is 12.1 Å². The monoisotopic (exact) mass is 620 g/mol. The molecule has 16 nitrogen and oxygen atoms in total. The third-order valence-electron chi connectivity index (χ3n) is 6.49. The van der Waals surface area contributed by atoms with Crippen LogP contribution in [-0.4, -0.2) is 192 Å². The van der Waals surface area contributed by atoms with Crippen molar-refractivity contribution in [1.82, 2.24) is 30.5 Å². The van der Waals surface area contributed by atoms with E-state index in [1.807, 2.05) is 14.7 Å². The van der Waals surface area contributed by atoms with Gasteiger partial charge in [0.05, 0.1) is 79.2 Å². The number of carbonyl (C=O) groups excluding carboxylic acids is 2. The molecule has 250 valence electrons. The van der Waals surface area contributed by atoms with Gasteiger partial charge in [0, 0.05) is 65.3 Å². The maximum absolute atomic E-state index is 11.4. The molecule has 0 aromatic rings. The van der Waals surface area contributed by atoms with Gasteiger partial charge in [-0.2, -0.15) is 0 Å². The van der Waals surface area contributed by atoms with Crippen LogP contribution in [0.25, 0.3) is 0 Å². The van der Waals surface area contributed by atoms with E-state index in [1.165, 1.54) is 6.92 Å². The summed E-state index contributed by atoms with van der Waals surface area (Å²) in [4.78, 5) is 52.4. The third-order valence-corrected chi connectivity index (χ3v) is 6.49. The molecule has 1 heterocycles. The number of aldehydes is 1. The summed E-state index contributed by atoms with van der Waals surface area (Å²) in [6.07, 6.45) is 1.23. The number of aliphatic carboxylic acids is 2. The van der Waals surface area contributed by atoms with Crippen molar-refractivity contribution < 1.29 is 48.3 Å². The van der Waals surface area contributed by atoms with E-state index in [-0.39, 0.29) is 25.4 Å². The molecule has 1 rings (SSSR count). The van der Waals surface area contributed by atoms with Crippen molar-refractivity contribution in [2.45, 2.75) is 13.3 Å². The van der Waals surface area contributed by atoms with Crippen molar-refractivity contribution in [3.8, 4) is 0 Å². The Morgan fingerprint density at radius 1 is 0.628 bits per heavy atom. The van der Waals surface area contributed by atoms with Crippen LogP contribution in [0.4, 0.5) is 0 Å². The van der Waals surface area contributed by atoms with E-state index in [0.29, 0.717) is 125 Å². The number of carbonyl (C=O) groups is 4. The number of Topliss-reactive ketones (excluding diaryl/α,β-unsaturated/α-hetero) is 1. The van der Waals surface area contributed by atoms with Gasteiger partial charge in [0.25, 0.3) is 0 Å². The molecule has 0 radical (unpaired) electrons. The number of rotatable bonds is 24. The molecule has 0 spiro atoms. The van der Waals surface area contributed by atoms with Crippen LogP contribution >= 0.6 is 0 Å². The minimum absolute atomic E-state index is 0.0915. The molecule has 0 saturated carbocycles. The highest BCUT2D eigenvalue weighted by Crippen LogP contribution is 2.00. The van der Waals surface area contributed by atoms with Gasteiger partial charge >= 0.3 is 11.9 Å². The number of carboxylic acid groups (broad SMARTS) is 2. The molecule has 0 aliphatic carbocycles. The fraction of sp³-hybridized carbons (Fsp3) is 0.852. The quantitative estimate of drug-likeness (QED) is 0.0512. The Morgan fingerprint density at radius 2 is 1.05 bits per heavy atom. The summed E-state index contributed by atoms with van der Waals surface area (Å²) in [5, 5.41) is 18.7. The number of hydrazine groups is 1. The van der Waals surface area contributed by atoms with Crippen molar-refractivity contribution in [3.63, 3.8) is 0 Å². The second kappa shape index (κ2) is 26.3. The predicted octanol–water partition coefficient (Wildman–Crippen LogP) is -2.33. The Labute approximate surface area is 254 Å². The second-order valence-electron chi connectivity index (χ2n) is 10.1. The zero-order valence-corrected chi connectivity index (χ0v) is 25.6. The number of hydrogen-bond donors (Lipinski definition) is 4. The third kappa shape index (κ3) is 24.0. The molecule has 4 N–H and O–H groups in total. The molecule has 0 unspecified atom stereocenters. The zero-order valence-electron chi connectivity index (χ0n) is 25.6. The van der Waals surface area contributed by atoms with Gasteiger partial charge in [-0.3, -0.25) is 39.4 Å². The predicted molar refractivity (Wildman–Crippen MR) is 157 cm³/mol. The van der Waals surface area contributed by atoms with Crippen LogP contribution in [0.2, 0.25) is 0 Å². The van der Waals surface area contributed by atoms with Crippen molar-refractivity contribution in [2.24, 2.45) is 0 Å². The van der Waals surface area contributed by atoms with Crippen LogP contribution in [-0.2, 0) is 38.1 Å². The maximum Gasteiger partial charge on any atom is 0.317 e. The number of carboxylic acids is 2. The summed E-state index contributed by atoms with van der Waals surface area (Å²) >= 11 is 0. The van der Waals surface area contributed by atoms with Gasteiger partial charge in [-0.05, 0) is 6.92 Å². The van der Waals surface area contributed by atoms with Crippen molar-refractivity contribution in [2.75, 3.05) is 138 Å². The molecule has 0 aromatic carbocycles. The number of nitrogens with zero attached hydrogens (tertiary/aromatic N) is 4. The molecule has 16 heteroatoms. The molecule has 0 amide bonds. The van der Waals surface area contributed by atoms with Crippen LogP contribution < -0.4 is 10.9 Å². The summed E-state index contributed by atoms with van der Waals surface area (Å²) in [5.74, 6) is -1.71. The van der Waals surface area contributed by atoms with E-state index in [4.69, 9.17) is 18.9 Å². The lowest BCUT2D eigenvalue weighted by molar-refractivity contribution is -0.139. The Bertz CT molecular complexity index is 734. The van der Waals surface area contributed by atoms with Crippen LogP contribution in [0.1, 0.15) is 13.3 Å². The van der Waals surface area contributed by atoms with E-state index >= 15 is 0 Å². The average molecular weight is 621 g/mol. The minimum Gasteiger partial charge on any atom is -0.480 e. The standard InChI is InChI=1S/C27H52N6O10/c1-25(35)2-14-40-16-18-42-20-21-43-19-17-41-15-3-28-29-24-33-10-8-31(22-26(36)37)6-4-30(12-13-34)5-7-32(9-11-33)23-27(38)39/h13,28-29H,2-12,14-24H2,1H3,(H,36,37)(H,38,39). The molecule has 0 bridgehead atoms. The molecule has 0 aromatic heterocycles. The summed E-state index contributed by atoms with van der Waals surface area (Å²) in [7, 11) is 0. The van der Waals surface area contributed by atoms with E-state index in [1.54, 1.807) is 0 Å². The molecule has 1 aliphatic rings. The van der Waals surface area contributed by atoms with E-state index in [0.717, 1.165) is 6.29 Å². The summed E-state index contributed by atoms with van der Waals surface area (Å²) in [6, 6.07) is 0. The molecule has 43 heavy (non-hydrogen) atoms. The fourth-order valence-electron chi connectivity index (χ4n) is 4.08. The largest absolute Gasteiger partial charge is 0.480 e. The molecule has 1 aliphatic heterocycles. The Kier molecular flexibility index (Phi) is 23.8. The normalized spacial score (nSPS) is 16.9. The highest BCUT2D eigenvalue weighted by atomic mass is 16.6. The van der Waals surface area contributed by atoms with Gasteiger partial charge < -0.3 is 34.0 Å². The number of ketones is 1. The van der Waals surface area contributed by atoms with Gasteiger partial charge in [0.2, 0.25) is 0 Å². The Hall–Kier alpha value is -2.12. The average Bonchev–Trinajstić information content (AvgIpc) is 2.94. The van der Waals surface area contributed by atoms with E-state index in [2.05, 4.69) is 15.8 Å². The summed E-state index contributed by atoms with van der Waals surface area (Å²) in [6.45, 7) is 10.4. The lowest BCUT2D eigenvalue weighted by Gasteiger charge is -2.33. The maximum atomic E-state index is 11.4. The summed E-state index contributed by atoms with van der Waals surface area (Å²) < 4.78 is 21.7. The topological polar surface area (TPSA) is 183 Å². The molecule has 0 atom stereocenters. The van der Waals surface area contributed by atoms with Crippen molar-refractivity contribution in [3.05, 3.63) is 0 Å². The van der Waals surface area contributed by atoms with Gasteiger partial charge in [-0.25, -0.2) is 5.43 Å². The zero-order chi connectivity index (χ0) is 31.5. The molecular formula is C27H52N6O10. The van der Waals surface area contributed by atoms with Gasteiger partial charge in [0.15, 0.2) is 0 Å². The molecule has 1 saturated heterocycles.